The number of unbranched alkanes of at least 4 members (excludes halogenated alkanes) is 1. The van der Waals surface area contributed by atoms with Crippen LogP contribution in [0.25, 0.3) is 10.1 Å². The molecule has 0 atom stereocenters. The van der Waals surface area contributed by atoms with E-state index in [1.165, 1.54) is 11.3 Å². The van der Waals surface area contributed by atoms with Crippen LogP contribution in [0, 0.1) is 0 Å². The normalized spacial score (nSPS) is 15.7. The Kier molecular flexibility index (Phi) is 6.75. The van der Waals surface area contributed by atoms with Crippen molar-refractivity contribution in [3.05, 3.63) is 47.5 Å². The van der Waals surface area contributed by atoms with E-state index in [9.17, 15) is 4.79 Å². The van der Waals surface area contributed by atoms with Crippen LogP contribution in [-0.2, 0) is 0 Å². The number of halogens is 1. The van der Waals surface area contributed by atoms with E-state index in [0.29, 0.717) is 23.4 Å². The Labute approximate surface area is 202 Å². The third-order valence-electron chi connectivity index (χ3n) is 6.04. The second-order valence-electron chi connectivity index (χ2n) is 8.17. The zero-order valence-corrected chi connectivity index (χ0v) is 19.9. The Hall–Kier alpha value is -2.68. The number of ether oxygens (including phenoxy) is 2. The Bertz CT molecular complexity index is 1130. The minimum absolute atomic E-state index is 0.210. The lowest BCUT2D eigenvalue weighted by atomic mass is 10.2. The van der Waals surface area contributed by atoms with Crippen molar-refractivity contribution in [1.29, 1.82) is 0 Å². The molecule has 174 valence electrons. The molecular weight excluding hydrogens is 460 g/mol. The summed E-state index contributed by atoms with van der Waals surface area (Å²) in [4.78, 5) is 17.1. The fourth-order valence-corrected chi connectivity index (χ4v) is 5.65. The van der Waals surface area contributed by atoms with E-state index in [1.807, 2.05) is 36.4 Å². The first-order valence-electron chi connectivity index (χ1n) is 11.3. The number of nitrogens with zero attached hydrogens (tertiary/aromatic N) is 2. The molecule has 0 spiro atoms. The van der Waals surface area contributed by atoms with Crippen LogP contribution < -0.4 is 25.0 Å². The highest BCUT2D eigenvalue weighted by Gasteiger charge is 2.24. The minimum atomic E-state index is -0.210. The van der Waals surface area contributed by atoms with Gasteiger partial charge in [-0.15, -0.1) is 11.3 Å². The topological polar surface area (TPSA) is 66.1 Å². The fraction of sp³-hybridized carbons (Fsp3) is 0.375. The number of para-hydroxylation sites is 1. The van der Waals surface area contributed by atoms with Gasteiger partial charge in [-0.05, 0) is 37.6 Å². The molecule has 2 N–H and O–H groups in total. The van der Waals surface area contributed by atoms with Crippen LogP contribution in [-0.4, -0.2) is 57.0 Å². The molecule has 2 aliphatic heterocycles. The zero-order valence-electron chi connectivity index (χ0n) is 18.3. The number of rotatable bonds is 7. The van der Waals surface area contributed by atoms with Crippen molar-refractivity contribution < 1.29 is 14.3 Å². The maximum atomic E-state index is 12.2. The predicted octanol–water partition coefficient (Wildman–Crippen LogP) is 5.01. The first-order valence-corrected chi connectivity index (χ1v) is 12.5. The molecule has 1 saturated heterocycles. The lowest BCUT2D eigenvalue weighted by Gasteiger charge is -2.36. The van der Waals surface area contributed by atoms with E-state index in [0.717, 1.165) is 72.8 Å². The third kappa shape index (κ3) is 4.98. The van der Waals surface area contributed by atoms with Crippen molar-refractivity contribution in [3.63, 3.8) is 0 Å². The van der Waals surface area contributed by atoms with Crippen molar-refractivity contribution in [2.45, 2.75) is 12.8 Å². The molecule has 0 unspecified atom stereocenters. The lowest BCUT2D eigenvalue weighted by molar-refractivity contribution is 0.174. The molecule has 2 aromatic carbocycles. The highest BCUT2D eigenvalue weighted by atomic mass is 35.5. The summed E-state index contributed by atoms with van der Waals surface area (Å²) in [5, 5.41) is 8.08. The van der Waals surface area contributed by atoms with Crippen molar-refractivity contribution in [3.8, 4) is 11.5 Å². The van der Waals surface area contributed by atoms with Gasteiger partial charge in [0.25, 0.3) is 0 Å². The van der Waals surface area contributed by atoms with Crippen molar-refractivity contribution in [1.82, 2.24) is 10.2 Å². The Morgan fingerprint density at radius 1 is 1.03 bits per heavy atom. The second-order valence-corrected chi connectivity index (χ2v) is 9.60. The molecule has 1 aromatic heterocycles. The van der Waals surface area contributed by atoms with Gasteiger partial charge in [0.2, 0.25) is 6.79 Å². The zero-order chi connectivity index (χ0) is 22.6. The molecule has 3 heterocycles. The van der Waals surface area contributed by atoms with Crippen molar-refractivity contribution in [2.75, 3.05) is 56.3 Å². The third-order valence-corrected chi connectivity index (χ3v) is 7.63. The van der Waals surface area contributed by atoms with Gasteiger partial charge in [0.15, 0.2) is 11.5 Å². The van der Waals surface area contributed by atoms with Crippen LogP contribution in [0.2, 0.25) is 5.02 Å². The first-order chi connectivity index (χ1) is 16.2. The summed E-state index contributed by atoms with van der Waals surface area (Å²) in [5.74, 6) is 1.70. The number of benzene rings is 2. The summed E-state index contributed by atoms with van der Waals surface area (Å²) in [6, 6.07) is 13.7. The monoisotopic (exact) mass is 486 g/mol. The number of anilines is 2. The number of carbonyl (C=O) groups is 1. The molecule has 2 amide bonds. The summed E-state index contributed by atoms with van der Waals surface area (Å²) in [6.45, 7) is 5.95. The summed E-state index contributed by atoms with van der Waals surface area (Å²) < 4.78 is 12.2. The van der Waals surface area contributed by atoms with E-state index in [4.69, 9.17) is 21.1 Å². The summed E-state index contributed by atoms with van der Waals surface area (Å²) in [6.07, 6.45) is 1.98. The molecule has 9 heteroatoms. The molecule has 3 aromatic rings. The lowest BCUT2D eigenvalue weighted by Crippen LogP contribution is -2.46. The number of hydrogen-bond donors (Lipinski definition) is 2. The van der Waals surface area contributed by atoms with Crippen LogP contribution >= 0.6 is 22.9 Å². The highest BCUT2D eigenvalue weighted by molar-refractivity contribution is 7.23. The van der Waals surface area contributed by atoms with Crippen LogP contribution in [0.4, 0.5) is 15.5 Å². The fourth-order valence-electron chi connectivity index (χ4n) is 4.28. The van der Waals surface area contributed by atoms with Crippen molar-refractivity contribution in [2.24, 2.45) is 0 Å². The van der Waals surface area contributed by atoms with Gasteiger partial charge in [-0.3, -0.25) is 10.2 Å². The number of hydrogen-bond acceptors (Lipinski definition) is 6. The Morgan fingerprint density at radius 3 is 2.73 bits per heavy atom. The molecule has 0 saturated carbocycles. The smallest absolute Gasteiger partial charge is 0.319 e. The predicted molar refractivity (Wildman–Crippen MR) is 134 cm³/mol. The van der Waals surface area contributed by atoms with Gasteiger partial charge in [-0.1, -0.05) is 35.9 Å². The highest BCUT2D eigenvalue weighted by Crippen LogP contribution is 2.41. The molecule has 33 heavy (non-hydrogen) atoms. The maximum absolute atomic E-state index is 12.2. The molecule has 5 rings (SSSR count). The number of piperazine rings is 1. The van der Waals surface area contributed by atoms with Crippen LogP contribution in [0.5, 0.6) is 11.5 Å². The molecule has 0 bridgehead atoms. The quantitative estimate of drug-likeness (QED) is 0.460. The first kappa shape index (κ1) is 22.1. The average molecular weight is 487 g/mol. The minimum Gasteiger partial charge on any atom is -0.454 e. The van der Waals surface area contributed by atoms with Gasteiger partial charge in [0.1, 0.15) is 5.00 Å². The average Bonchev–Trinajstić information content (AvgIpc) is 3.44. The van der Waals surface area contributed by atoms with E-state index in [-0.39, 0.29) is 6.03 Å². The number of fused-ring (bicyclic) bond motifs is 2. The number of amides is 2. The molecule has 0 aliphatic carbocycles. The van der Waals surface area contributed by atoms with E-state index in [1.54, 1.807) is 0 Å². The molecule has 1 fully saturated rings. The summed E-state index contributed by atoms with van der Waals surface area (Å²) >= 11 is 7.88. The van der Waals surface area contributed by atoms with Gasteiger partial charge < -0.3 is 19.7 Å². The Balaban J connectivity index is 1.00. The van der Waals surface area contributed by atoms with Gasteiger partial charge >= 0.3 is 6.03 Å². The summed E-state index contributed by atoms with van der Waals surface area (Å²) in [5.41, 5.74) is 1.12. The van der Waals surface area contributed by atoms with Crippen LogP contribution in [0.3, 0.4) is 0 Å². The number of nitrogens with one attached hydrogen (secondary N) is 2. The number of carbonyl (C=O) groups excluding carboxylic acids is 1. The van der Waals surface area contributed by atoms with E-state index in [2.05, 4.69) is 26.5 Å². The van der Waals surface area contributed by atoms with Gasteiger partial charge in [0, 0.05) is 42.8 Å². The summed E-state index contributed by atoms with van der Waals surface area (Å²) in [7, 11) is 0. The number of thiophene rings is 1. The standard InChI is InChI=1S/C24H27ClN4O3S/c25-21-17-6-1-2-9-20(17)33-23(21)27-24(30)26-10-3-4-11-28-12-14-29(15-13-28)18-7-5-8-19-22(18)32-16-31-19/h1-2,5-9H,3-4,10-16H2,(H2,26,27,30). The van der Waals surface area contributed by atoms with Gasteiger partial charge in [-0.25, -0.2) is 4.79 Å². The molecule has 0 radical (unpaired) electrons. The van der Waals surface area contributed by atoms with Crippen LogP contribution in [0.1, 0.15) is 12.8 Å². The Morgan fingerprint density at radius 2 is 1.88 bits per heavy atom. The molecule has 7 nitrogen and oxygen atoms in total. The SMILES string of the molecule is O=C(NCCCCN1CCN(c2cccc3c2OCO3)CC1)Nc1sc2ccccc2c1Cl. The van der Waals surface area contributed by atoms with E-state index >= 15 is 0 Å². The largest absolute Gasteiger partial charge is 0.454 e. The van der Waals surface area contributed by atoms with Crippen molar-refractivity contribution >= 4 is 49.7 Å². The second kappa shape index (κ2) is 10.1. The molecule has 2 aliphatic rings. The van der Waals surface area contributed by atoms with Gasteiger partial charge in [-0.2, -0.15) is 0 Å². The van der Waals surface area contributed by atoms with Gasteiger partial charge in [0.05, 0.1) is 10.7 Å². The van der Waals surface area contributed by atoms with Crippen LogP contribution in [0.15, 0.2) is 42.5 Å². The van der Waals surface area contributed by atoms with E-state index < -0.39 is 0 Å². The molecular formula is C24H27ClN4O3S. The number of urea groups is 1. The maximum Gasteiger partial charge on any atom is 0.319 e.